The molecule has 4 nitrogen and oxygen atoms in total. The van der Waals surface area contributed by atoms with E-state index in [-0.39, 0.29) is 24.0 Å². The van der Waals surface area contributed by atoms with Crippen LogP contribution in [0.1, 0.15) is 41.1 Å². The highest BCUT2D eigenvalue weighted by atomic mass is 32.2. The molecule has 2 heterocycles. The summed E-state index contributed by atoms with van der Waals surface area (Å²) in [6.07, 6.45) is 1.58. The van der Waals surface area contributed by atoms with Gasteiger partial charge in [-0.25, -0.2) is 4.79 Å². The normalized spacial score (nSPS) is 16.0. The molecule has 1 amide bonds. The van der Waals surface area contributed by atoms with Crippen LogP contribution in [0.4, 0.5) is 0 Å². The Balaban J connectivity index is 1.49. The van der Waals surface area contributed by atoms with Gasteiger partial charge in [0.15, 0.2) is 0 Å². The fraction of sp³-hybridized carbons (Fsp3) is 0.304. The molecule has 5 heteroatoms. The first kappa shape index (κ1) is 18.8. The van der Waals surface area contributed by atoms with Crippen LogP contribution in [0.15, 0.2) is 56.6 Å². The minimum atomic E-state index is -0.345. The summed E-state index contributed by atoms with van der Waals surface area (Å²) in [5.41, 5.74) is 3.98. The van der Waals surface area contributed by atoms with Gasteiger partial charge in [-0.05, 0) is 55.5 Å². The van der Waals surface area contributed by atoms with E-state index < -0.39 is 0 Å². The molecule has 0 aliphatic carbocycles. The Hall–Kier alpha value is -2.53. The third kappa shape index (κ3) is 3.72. The molecule has 1 aliphatic rings. The number of carbonyl (C=O) groups is 1. The molecule has 1 unspecified atom stereocenters. The molecule has 4 rings (SSSR count). The van der Waals surface area contributed by atoms with Gasteiger partial charge < -0.3 is 9.73 Å². The van der Waals surface area contributed by atoms with Gasteiger partial charge in [0, 0.05) is 28.0 Å². The molecule has 1 aromatic heterocycles. The predicted molar refractivity (Wildman–Crippen MR) is 113 cm³/mol. The second-order valence-corrected chi connectivity index (χ2v) is 8.42. The molecule has 1 atom stereocenters. The summed E-state index contributed by atoms with van der Waals surface area (Å²) in [6, 6.07) is 14.1. The lowest BCUT2D eigenvalue weighted by molar-refractivity contribution is -0.121. The summed E-state index contributed by atoms with van der Waals surface area (Å²) in [7, 11) is 0. The highest BCUT2D eigenvalue weighted by Gasteiger charge is 2.22. The summed E-state index contributed by atoms with van der Waals surface area (Å²) in [5.74, 6) is 0.962. The van der Waals surface area contributed by atoms with E-state index in [4.69, 9.17) is 4.42 Å². The van der Waals surface area contributed by atoms with Crippen molar-refractivity contribution in [3.8, 4) is 0 Å². The lowest BCUT2D eigenvalue weighted by atomic mass is 10.0. The summed E-state index contributed by atoms with van der Waals surface area (Å²) in [6.45, 7) is 3.89. The van der Waals surface area contributed by atoms with Crippen molar-refractivity contribution in [2.24, 2.45) is 0 Å². The maximum absolute atomic E-state index is 12.6. The molecule has 0 saturated heterocycles. The minimum Gasteiger partial charge on any atom is -0.423 e. The monoisotopic (exact) mass is 393 g/mol. The van der Waals surface area contributed by atoms with Crippen molar-refractivity contribution < 1.29 is 9.21 Å². The summed E-state index contributed by atoms with van der Waals surface area (Å²) < 4.78 is 5.49. The quantitative estimate of drug-likeness (QED) is 0.653. The van der Waals surface area contributed by atoms with Crippen LogP contribution in [0, 0.1) is 13.8 Å². The Morgan fingerprint density at radius 2 is 2.04 bits per heavy atom. The maximum Gasteiger partial charge on any atom is 0.339 e. The van der Waals surface area contributed by atoms with Crippen LogP contribution in [0.3, 0.4) is 0 Å². The average Bonchev–Trinajstić information content (AvgIpc) is 2.68. The van der Waals surface area contributed by atoms with Gasteiger partial charge in [-0.1, -0.05) is 30.3 Å². The van der Waals surface area contributed by atoms with Gasteiger partial charge in [0.1, 0.15) is 5.58 Å². The van der Waals surface area contributed by atoms with E-state index in [1.54, 1.807) is 0 Å². The van der Waals surface area contributed by atoms with Gasteiger partial charge in [0.2, 0.25) is 5.91 Å². The average molecular weight is 394 g/mol. The molecular formula is C23H23NO3S. The number of hydrogen-bond acceptors (Lipinski definition) is 4. The predicted octanol–water partition coefficient (Wildman–Crippen LogP) is 4.70. The number of rotatable bonds is 4. The molecule has 0 radical (unpaired) electrons. The largest absolute Gasteiger partial charge is 0.423 e. The standard InChI is InChI=1S/C23H23NO3S/c1-14-7-8-16-15(2)17(23(26)27-20(16)13-14)9-10-22(25)24-19-11-12-28-21-6-4-3-5-18(19)21/h3-8,13,19H,9-12H2,1-2H3,(H,24,25). The smallest absolute Gasteiger partial charge is 0.339 e. The van der Waals surface area contributed by atoms with Crippen LogP contribution in [-0.2, 0) is 11.2 Å². The van der Waals surface area contributed by atoms with Crippen molar-refractivity contribution in [3.63, 3.8) is 0 Å². The zero-order chi connectivity index (χ0) is 19.7. The number of hydrogen-bond donors (Lipinski definition) is 1. The lowest BCUT2D eigenvalue weighted by Crippen LogP contribution is -2.31. The summed E-state index contributed by atoms with van der Waals surface area (Å²) in [4.78, 5) is 26.2. The molecule has 28 heavy (non-hydrogen) atoms. The van der Waals surface area contributed by atoms with Crippen molar-refractivity contribution in [1.82, 2.24) is 5.32 Å². The molecule has 1 N–H and O–H groups in total. The Bertz CT molecular complexity index is 1100. The number of amides is 1. The first-order valence-electron chi connectivity index (χ1n) is 9.57. The van der Waals surface area contributed by atoms with Gasteiger partial charge in [0.25, 0.3) is 0 Å². The zero-order valence-electron chi connectivity index (χ0n) is 16.1. The van der Waals surface area contributed by atoms with Crippen LogP contribution >= 0.6 is 11.8 Å². The molecule has 2 aromatic carbocycles. The van der Waals surface area contributed by atoms with Gasteiger partial charge in [-0.3, -0.25) is 4.79 Å². The van der Waals surface area contributed by atoms with Crippen LogP contribution in [0.2, 0.25) is 0 Å². The van der Waals surface area contributed by atoms with Gasteiger partial charge in [0.05, 0.1) is 6.04 Å². The number of aryl methyl sites for hydroxylation is 2. The van der Waals surface area contributed by atoms with Crippen molar-refractivity contribution in [1.29, 1.82) is 0 Å². The number of carbonyl (C=O) groups excluding carboxylic acids is 1. The zero-order valence-corrected chi connectivity index (χ0v) is 16.9. The van der Waals surface area contributed by atoms with E-state index in [0.29, 0.717) is 17.6 Å². The molecule has 3 aromatic rings. The number of benzene rings is 2. The second kappa shape index (κ2) is 7.84. The third-order valence-electron chi connectivity index (χ3n) is 5.34. The first-order valence-corrected chi connectivity index (χ1v) is 10.6. The van der Waals surface area contributed by atoms with Gasteiger partial charge in [-0.2, -0.15) is 0 Å². The van der Waals surface area contributed by atoms with Crippen molar-refractivity contribution in [3.05, 3.63) is 75.1 Å². The fourth-order valence-corrected chi connectivity index (χ4v) is 4.91. The molecule has 0 bridgehead atoms. The molecule has 0 spiro atoms. The second-order valence-electron chi connectivity index (χ2n) is 7.29. The molecular weight excluding hydrogens is 370 g/mol. The Kier molecular flexibility index (Phi) is 5.27. The van der Waals surface area contributed by atoms with E-state index in [1.165, 1.54) is 10.5 Å². The van der Waals surface area contributed by atoms with Crippen molar-refractivity contribution in [2.75, 3.05) is 5.75 Å². The molecule has 144 valence electrons. The number of thioether (sulfide) groups is 1. The fourth-order valence-electron chi connectivity index (χ4n) is 3.79. The summed E-state index contributed by atoms with van der Waals surface area (Å²) in [5, 5.41) is 4.07. The first-order chi connectivity index (χ1) is 13.5. The van der Waals surface area contributed by atoms with E-state index in [0.717, 1.165) is 28.7 Å². The number of nitrogens with one attached hydrogen (secondary N) is 1. The van der Waals surface area contributed by atoms with Gasteiger partial charge >= 0.3 is 5.63 Å². The Morgan fingerprint density at radius 3 is 2.89 bits per heavy atom. The maximum atomic E-state index is 12.6. The van der Waals surface area contributed by atoms with Crippen LogP contribution in [0.5, 0.6) is 0 Å². The van der Waals surface area contributed by atoms with Crippen molar-refractivity contribution >= 4 is 28.6 Å². The number of fused-ring (bicyclic) bond motifs is 2. The Labute approximate surface area is 168 Å². The van der Waals surface area contributed by atoms with E-state index in [9.17, 15) is 9.59 Å². The minimum absolute atomic E-state index is 0.0329. The topological polar surface area (TPSA) is 59.3 Å². The van der Waals surface area contributed by atoms with Crippen LogP contribution in [-0.4, -0.2) is 11.7 Å². The molecule has 0 saturated carbocycles. The molecule has 1 aliphatic heterocycles. The van der Waals surface area contributed by atoms with E-state index >= 15 is 0 Å². The summed E-state index contributed by atoms with van der Waals surface area (Å²) >= 11 is 1.83. The SMILES string of the molecule is Cc1ccc2c(C)c(CCC(=O)NC3CCSc4ccccc43)c(=O)oc2c1. The highest BCUT2D eigenvalue weighted by molar-refractivity contribution is 7.99. The van der Waals surface area contributed by atoms with E-state index in [2.05, 4.69) is 17.4 Å². The lowest BCUT2D eigenvalue weighted by Gasteiger charge is -2.25. The van der Waals surface area contributed by atoms with Crippen molar-refractivity contribution in [2.45, 2.75) is 44.0 Å². The van der Waals surface area contributed by atoms with Gasteiger partial charge in [-0.15, -0.1) is 11.8 Å². The third-order valence-corrected chi connectivity index (χ3v) is 6.46. The molecule has 0 fully saturated rings. The Morgan fingerprint density at radius 1 is 1.21 bits per heavy atom. The van der Waals surface area contributed by atoms with Crippen LogP contribution < -0.4 is 10.9 Å². The van der Waals surface area contributed by atoms with E-state index in [1.807, 2.05) is 55.9 Å². The highest BCUT2D eigenvalue weighted by Crippen LogP contribution is 2.35. The van der Waals surface area contributed by atoms with Crippen LogP contribution in [0.25, 0.3) is 11.0 Å².